The van der Waals surface area contributed by atoms with Crippen LogP contribution in [-0.4, -0.2) is 17.0 Å². The largest absolute Gasteiger partial charge is 0.259 e. The molecule has 0 radical (unpaired) electrons. The Morgan fingerprint density at radius 2 is 2.31 bits per heavy atom. The molecule has 64 valence electrons. The summed E-state index contributed by atoms with van der Waals surface area (Å²) in [7, 11) is 0. The van der Waals surface area contributed by atoms with Crippen LogP contribution >= 0.6 is 23.1 Å². The van der Waals surface area contributed by atoms with E-state index in [2.05, 4.69) is 9.98 Å². The van der Waals surface area contributed by atoms with Gasteiger partial charge in [-0.3, -0.25) is 4.99 Å². The van der Waals surface area contributed by atoms with Gasteiger partial charge in [-0.05, 0) is 12.1 Å². The lowest BCUT2D eigenvalue weighted by atomic mass is 10.3. The van der Waals surface area contributed by atoms with E-state index < -0.39 is 0 Å². The van der Waals surface area contributed by atoms with Gasteiger partial charge in [0.15, 0.2) is 0 Å². The molecule has 0 fully saturated rings. The van der Waals surface area contributed by atoms with Crippen molar-refractivity contribution in [2.75, 3.05) is 5.75 Å². The predicted octanol–water partition coefficient (Wildman–Crippen LogP) is 3.10. The highest BCUT2D eigenvalue weighted by atomic mass is 32.2. The van der Waals surface area contributed by atoms with Crippen molar-refractivity contribution in [3.05, 3.63) is 17.6 Å². The van der Waals surface area contributed by atoms with E-state index in [1.807, 2.05) is 35.6 Å². The molecule has 0 unspecified atom stereocenters. The van der Waals surface area contributed by atoms with Crippen LogP contribution in [0.3, 0.4) is 0 Å². The summed E-state index contributed by atoms with van der Waals surface area (Å²) < 4.78 is 1.28. The van der Waals surface area contributed by atoms with E-state index in [1.54, 1.807) is 11.3 Å². The number of nitrogens with zero attached hydrogens (tertiary/aromatic N) is 2. The van der Waals surface area contributed by atoms with Crippen molar-refractivity contribution >= 4 is 45.2 Å². The van der Waals surface area contributed by atoms with Gasteiger partial charge in [-0.1, -0.05) is 0 Å². The molecule has 1 aliphatic heterocycles. The van der Waals surface area contributed by atoms with Gasteiger partial charge >= 0.3 is 0 Å². The average Bonchev–Trinajstić information content (AvgIpc) is 2.65. The van der Waals surface area contributed by atoms with Gasteiger partial charge in [0.05, 0.1) is 26.3 Å². The van der Waals surface area contributed by atoms with Crippen molar-refractivity contribution in [1.82, 2.24) is 4.98 Å². The molecule has 0 amide bonds. The average molecular weight is 206 g/mol. The second-order valence-corrected chi connectivity index (χ2v) is 4.62. The number of aromatic nitrogens is 1. The monoisotopic (exact) mass is 206 g/mol. The summed E-state index contributed by atoms with van der Waals surface area (Å²) in [5.74, 6) is 0.976. The van der Waals surface area contributed by atoms with Gasteiger partial charge in [0.2, 0.25) is 0 Å². The Kier molecular flexibility index (Phi) is 1.63. The minimum absolute atomic E-state index is 0.976. The van der Waals surface area contributed by atoms with Gasteiger partial charge in [0.25, 0.3) is 0 Å². The lowest BCUT2D eigenvalue weighted by molar-refractivity contribution is 1.40. The fraction of sp³-hybridized carbons (Fsp3) is 0.111. The number of aliphatic imine (C=N–C) groups is 1. The fourth-order valence-corrected chi connectivity index (χ4v) is 3.26. The lowest BCUT2D eigenvalue weighted by Crippen LogP contribution is -1.88. The Labute approximate surface area is 83.7 Å². The molecule has 0 saturated heterocycles. The Morgan fingerprint density at radius 3 is 3.31 bits per heavy atom. The maximum Gasteiger partial charge on any atom is 0.0825 e. The molecule has 0 bridgehead atoms. The first kappa shape index (κ1) is 7.53. The molecule has 1 aromatic heterocycles. The molecule has 0 atom stereocenters. The van der Waals surface area contributed by atoms with Crippen LogP contribution in [-0.2, 0) is 0 Å². The first-order valence-electron chi connectivity index (χ1n) is 3.97. The van der Waals surface area contributed by atoms with Crippen LogP contribution in [0.2, 0.25) is 0 Å². The minimum atomic E-state index is 0.976. The first-order chi connectivity index (χ1) is 6.45. The number of hydrogen-bond donors (Lipinski definition) is 0. The van der Waals surface area contributed by atoms with Crippen molar-refractivity contribution in [3.63, 3.8) is 0 Å². The molecule has 2 heterocycles. The van der Waals surface area contributed by atoms with E-state index in [4.69, 9.17) is 0 Å². The highest BCUT2D eigenvalue weighted by Gasteiger charge is 2.11. The topological polar surface area (TPSA) is 25.2 Å². The first-order valence-corrected chi connectivity index (χ1v) is 5.83. The molecule has 3 rings (SSSR count). The van der Waals surface area contributed by atoms with Gasteiger partial charge in [-0.15, -0.1) is 23.1 Å². The highest BCUT2D eigenvalue weighted by Crippen LogP contribution is 2.39. The summed E-state index contributed by atoms with van der Waals surface area (Å²) in [4.78, 5) is 9.93. The number of thioether (sulfide) groups is 1. The van der Waals surface area contributed by atoms with Crippen LogP contribution in [0.25, 0.3) is 10.2 Å². The smallest absolute Gasteiger partial charge is 0.0825 e. The predicted molar refractivity (Wildman–Crippen MR) is 58.5 cm³/mol. The fourth-order valence-electron chi connectivity index (χ4n) is 1.39. The molecule has 1 aliphatic rings. The summed E-state index contributed by atoms with van der Waals surface area (Å²) in [5.41, 5.74) is 4.07. The quantitative estimate of drug-likeness (QED) is 0.661. The van der Waals surface area contributed by atoms with Crippen molar-refractivity contribution in [1.29, 1.82) is 0 Å². The van der Waals surface area contributed by atoms with Gasteiger partial charge in [0.1, 0.15) is 0 Å². The summed E-state index contributed by atoms with van der Waals surface area (Å²) in [5, 5.41) is 0. The van der Waals surface area contributed by atoms with Gasteiger partial charge in [-0.2, -0.15) is 0 Å². The molecule has 0 N–H and O–H groups in total. The number of fused-ring (bicyclic) bond motifs is 3. The van der Waals surface area contributed by atoms with E-state index >= 15 is 0 Å². The zero-order valence-electron chi connectivity index (χ0n) is 6.73. The number of benzene rings is 1. The SMILES string of the molecule is C1=Nc2ccc3ncsc3c2SC1. The van der Waals surface area contributed by atoms with Crippen molar-refractivity contribution in [2.24, 2.45) is 4.99 Å². The van der Waals surface area contributed by atoms with Crippen molar-refractivity contribution in [3.8, 4) is 0 Å². The zero-order valence-corrected chi connectivity index (χ0v) is 8.36. The Bertz CT molecular complexity index is 487. The van der Waals surface area contributed by atoms with Crippen LogP contribution < -0.4 is 0 Å². The molecule has 13 heavy (non-hydrogen) atoms. The zero-order chi connectivity index (χ0) is 8.67. The second kappa shape index (κ2) is 2.82. The summed E-state index contributed by atoms with van der Waals surface area (Å²) in [6.07, 6.45) is 1.96. The van der Waals surface area contributed by atoms with Crippen LogP contribution in [0, 0.1) is 0 Å². The normalized spacial score (nSPS) is 14.8. The van der Waals surface area contributed by atoms with Crippen molar-refractivity contribution in [2.45, 2.75) is 4.90 Å². The molecule has 0 saturated carbocycles. The molecule has 0 spiro atoms. The van der Waals surface area contributed by atoms with Crippen LogP contribution in [0.1, 0.15) is 0 Å². The summed E-state index contributed by atoms with van der Waals surface area (Å²) in [6.45, 7) is 0. The van der Waals surface area contributed by atoms with Gasteiger partial charge < -0.3 is 0 Å². The third-order valence-corrected chi connectivity index (χ3v) is 3.97. The summed E-state index contributed by atoms with van der Waals surface area (Å²) >= 11 is 3.54. The molecular formula is C9H6N2S2. The Hall–Kier alpha value is -0.870. The molecular weight excluding hydrogens is 200 g/mol. The molecule has 4 heteroatoms. The van der Waals surface area contributed by atoms with Crippen LogP contribution in [0.5, 0.6) is 0 Å². The van der Waals surface area contributed by atoms with Crippen LogP contribution in [0.15, 0.2) is 27.5 Å². The van der Waals surface area contributed by atoms with E-state index in [9.17, 15) is 0 Å². The number of rotatable bonds is 0. The van der Waals surface area contributed by atoms with E-state index in [-0.39, 0.29) is 0 Å². The van der Waals surface area contributed by atoms with E-state index in [0.29, 0.717) is 0 Å². The van der Waals surface area contributed by atoms with Gasteiger partial charge in [-0.25, -0.2) is 4.98 Å². The maximum atomic E-state index is 4.36. The second-order valence-electron chi connectivity index (χ2n) is 2.74. The molecule has 2 aromatic rings. The van der Waals surface area contributed by atoms with Crippen LogP contribution in [0.4, 0.5) is 5.69 Å². The summed E-state index contributed by atoms with van der Waals surface area (Å²) in [6, 6.07) is 4.08. The van der Waals surface area contributed by atoms with E-state index in [0.717, 1.165) is 17.0 Å². The highest BCUT2D eigenvalue weighted by molar-refractivity contribution is 8.00. The van der Waals surface area contributed by atoms with E-state index in [1.165, 1.54) is 9.60 Å². The maximum absolute atomic E-state index is 4.36. The van der Waals surface area contributed by atoms with Gasteiger partial charge in [0, 0.05) is 12.0 Å². The Balaban J connectivity index is 2.42. The number of thiazole rings is 1. The number of hydrogen-bond acceptors (Lipinski definition) is 4. The Morgan fingerprint density at radius 1 is 1.31 bits per heavy atom. The minimum Gasteiger partial charge on any atom is -0.259 e. The standard InChI is InChI=1S/C9H6N2S2/c1-2-7-9(13-5-11-7)8-6(1)10-3-4-12-8/h1-3,5H,4H2. The third kappa shape index (κ3) is 1.09. The van der Waals surface area contributed by atoms with Crippen molar-refractivity contribution < 1.29 is 0 Å². The third-order valence-electron chi connectivity index (χ3n) is 1.97. The molecule has 2 nitrogen and oxygen atoms in total. The molecule has 1 aromatic carbocycles. The molecule has 0 aliphatic carbocycles. The lowest BCUT2D eigenvalue weighted by Gasteiger charge is -2.08.